The van der Waals surface area contributed by atoms with E-state index in [1.807, 2.05) is 6.07 Å². The number of hydrogen-bond donors (Lipinski definition) is 1. The Kier molecular flexibility index (Phi) is 4.70. The van der Waals surface area contributed by atoms with Crippen LogP contribution in [0, 0.1) is 11.7 Å². The molecule has 1 aliphatic heterocycles. The largest absolute Gasteiger partial charge is 0.366 e. The van der Waals surface area contributed by atoms with Crippen LogP contribution in [0.2, 0.25) is 5.02 Å². The number of hydrogen-bond acceptors (Lipinski definition) is 2. The number of piperazine rings is 1. The maximum atomic E-state index is 13.6. The van der Waals surface area contributed by atoms with Gasteiger partial charge in [-0.25, -0.2) is 4.39 Å². The molecule has 2 unspecified atom stereocenters. The average molecular weight is 311 g/mol. The van der Waals surface area contributed by atoms with Crippen LogP contribution >= 0.6 is 11.6 Å². The Morgan fingerprint density at radius 2 is 1.95 bits per heavy atom. The molecule has 0 bridgehead atoms. The molecule has 21 heavy (non-hydrogen) atoms. The van der Waals surface area contributed by atoms with Gasteiger partial charge in [-0.3, -0.25) is 0 Å². The van der Waals surface area contributed by atoms with Crippen LogP contribution in [-0.2, 0) is 0 Å². The van der Waals surface area contributed by atoms with Gasteiger partial charge in [0.05, 0.1) is 0 Å². The van der Waals surface area contributed by atoms with E-state index in [0.717, 1.165) is 24.7 Å². The third kappa shape index (κ3) is 3.51. The Labute approximate surface area is 131 Å². The van der Waals surface area contributed by atoms with Crippen molar-refractivity contribution in [3.63, 3.8) is 0 Å². The molecule has 2 aliphatic rings. The van der Waals surface area contributed by atoms with Crippen LogP contribution in [0.5, 0.6) is 0 Å². The van der Waals surface area contributed by atoms with Gasteiger partial charge in [-0.15, -0.1) is 0 Å². The first-order valence-electron chi connectivity index (χ1n) is 8.09. The predicted molar refractivity (Wildman–Crippen MR) is 86.6 cm³/mol. The molecule has 0 radical (unpaired) electrons. The SMILES string of the molecule is CC1CNC(C2CCCCC2)CN1c1cc(F)cc(Cl)c1. The summed E-state index contributed by atoms with van der Waals surface area (Å²) >= 11 is 6.02. The topological polar surface area (TPSA) is 15.3 Å². The molecule has 0 amide bonds. The van der Waals surface area contributed by atoms with Gasteiger partial charge in [0.1, 0.15) is 5.82 Å². The fourth-order valence-electron chi connectivity index (χ4n) is 3.81. The minimum Gasteiger partial charge on any atom is -0.366 e. The maximum Gasteiger partial charge on any atom is 0.126 e. The van der Waals surface area contributed by atoms with Crippen LogP contribution in [0.25, 0.3) is 0 Å². The zero-order valence-electron chi connectivity index (χ0n) is 12.6. The summed E-state index contributed by atoms with van der Waals surface area (Å²) in [5.41, 5.74) is 0.912. The summed E-state index contributed by atoms with van der Waals surface area (Å²) in [5.74, 6) is 0.509. The van der Waals surface area contributed by atoms with Crippen molar-refractivity contribution >= 4 is 17.3 Å². The van der Waals surface area contributed by atoms with Gasteiger partial charge < -0.3 is 10.2 Å². The molecule has 1 aromatic carbocycles. The summed E-state index contributed by atoms with van der Waals surface area (Å²) in [6.07, 6.45) is 6.73. The van der Waals surface area contributed by atoms with Crippen molar-refractivity contribution in [2.24, 2.45) is 5.92 Å². The number of nitrogens with one attached hydrogen (secondary N) is 1. The molecule has 1 aromatic rings. The predicted octanol–water partition coefficient (Wildman–Crippen LogP) is 4.23. The van der Waals surface area contributed by atoms with Crippen LogP contribution in [0.4, 0.5) is 10.1 Å². The molecule has 0 spiro atoms. The van der Waals surface area contributed by atoms with Crippen LogP contribution in [0.15, 0.2) is 18.2 Å². The van der Waals surface area contributed by atoms with Crippen molar-refractivity contribution in [2.75, 3.05) is 18.0 Å². The summed E-state index contributed by atoms with van der Waals surface area (Å²) in [6, 6.07) is 5.73. The number of rotatable bonds is 2. The summed E-state index contributed by atoms with van der Waals surface area (Å²) in [6.45, 7) is 4.09. The smallest absolute Gasteiger partial charge is 0.126 e. The molecular weight excluding hydrogens is 287 g/mol. The fraction of sp³-hybridized carbons (Fsp3) is 0.647. The normalized spacial score (nSPS) is 27.9. The lowest BCUT2D eigenvalue weighted by molar-refractivity contribution is 0.245. The van der Waals surface area contributed by atoms with Crippen molar-refractivity contribution in [3.8, 4) is 0 Å². The van der Waals surface area contributed by atoms with Crippen molar-refractivity contribution in [3.05, 3.63) is 29.0 Å². The molecule has 0 aromatic heterocycles. The molecule has 116 valence electrons. The standard InChI is InChI=1S/C17H24ClFN2/c1-12-10-20-17(13-5-3-2-4-6-13)11-21(12)16-8-14(18)7-15(19)9-16/h7-9,12-13,17,20H,2-6,10-11H2,1H3. The lowest BCUT2D eigenvalue weighted by Gasteiger charge is -2.44. The van der Waals surface area contributed by atoms with E-state index in [1.165, 1.54) is 38.2 Å². The molecule has 4 heteroatoms. The van der Waals surface area contributed by atoms with Gasteiger partial charge in [0.2, 0.25) is 0 Å². The molecule has 3 rings (SSSR count). The minimum absolute atomic E-state index is 0.252. The van der Waals surface area contributed by atoms with E-state index in [1.54, 1.807) is 6.07 Å². The van der Waals surface area contributed by atoms with Gasteiger partial charge in [0, 0.05) is 35.9 Å². The quantitative estimate of drug-likeness (QED) is 0.879. The summed E-state index contributed by atoms with van der Waals surface area (Å²) < 4.78 is 13.6. The van der Waals surface area contributed by atoms with E-state index in [9.17, 15) is 4.39 Å². The highest BCUT2D eigenvalue weighted by atomic mass is 35.5. The van der Waals surface area contributed by atoms with Crippen molar-refractivity contribution in [1.82, 2.24) is 5.32 Å². The second-order valence-electron chi connectivity index (χ2n) is 6.54. The van der Waals surface area contributed by atoms with Gasteiger partial charge in [0.25, 0.3) is 0 Å². The zero-order chi connectivity index (χ0) is 14.8. The molecule has 2 atom stereocenters. The van der Waals surface area contributed by atoms with Crippen LogP contribution < -0.4 is 10.2 Å². The first-order valence-corrected chi connectivity index (χ1v) is 8.47. The second-order valence-corrected chi connectivity index (χ2v) is 6.98. The Hall–Kier alpha value is -0.800. The van der Waals surface area contributed by atoms with E-state index in [0.29, 0.717) is 17.1 Å². The number of nitrogens with zero attached hydrogens (tertiary/aromatic N) is 1. The second kappa shape index (κ2) is 6.53. The Morgan fingerprint density at radius 1 is 1.19 bits per heavy atom. The molecular formula is C17H24ClFN2. The Bertz CT molecular complexity index is 467. The molecule has 1 heterocycles. The van der Waals surface area contributed by atoms with E-state index in [-0.39, 0.29) is 5.82 Å². The number of halogens is 2. The van der Waals surface area contributed by atoms with Crippen LogP contribution in [0.3, 0.4) is 0 Å². The number of anilines is 1. The third-order valence-electron chi connectivity index (χ3n) is 5.00. The van der Waals surface area contributed by atoms with Crippen molar-refractivity contribution in [1.29, 1.82) is 0 Å². The van der Waals surface area contributed by atoms with E-state index >= 15 is 0 Å². The summed E-state index contributed by atoms with van der Waals surface area (Å²) in [4.78, 5) is 2.31. The minimum atomic E-state index is -0.252. The zero-order valence-corrected chi connectivity index (χ0v) is 13.4. The van der Waals surface area contributed by atoms with Gasteiger partial charge in [-0.1, -0.05) is 30.9 Å². The highest BCUT2D eigenvalue weighted by molar-refractivity contribution is 6.30. The Morgan fingerprint density at radius 3 is 2.67 bits per heavy atom. The Balaban J connectivity index is 1.76. The lowest BCUT2D eigenvalue weighted by atomic mass is 9.82. The molecule has 1 saturated heterocycles. The lowest BCUT2D eigenvalue weighted by Crippen LogP contribution is -2.58. The monoisotopic (exact) mass is 310 g/mol. The first kappa shape index (κ1) is 15.1. The van der Waals surface area contributed by atoms with Gasteiger partial charge in [0.15, 0.2) is 0 Å². The molecule has 2 fully saturated rings. The maximum absolute atomic E-state index is 13.6. The highest BCUT2D eigenvalue weighted by Crippen LogP contribution is 2.31. The van der Waals surface area contributed by atoms with Gasteiger partial charge in [-0.2, -0.15) is 0 Å². The summed E-state index contributed by atoms with van der Waals surface area (Å²) in [5, 5.41) is 4.18. The number of benzene rings is 1. The van der Waals surface area contributed by atoms with Crippen LogP contribution in [0.1, 0.15) is 39.0 Å². The van der Waals surface area contributed by atoms with Crippen molar-refractivity contribution < 1.29 is 4.39 Å². The van der Waals surface area contributed by atoms with Gasteiger partial charge >= 0.3 is 0 Å². The molecule has 1 N–H and O–H groups in total. The molecule has 1 saturated carbocycles. The van der Waals surface area contributed by atoms with Crippen molar-refractivity contribution in [2.45, 2.75) is 51.1 Å². The van der Waals surface area contributed by atoms with E-state index in [2.05, 4.69) is 17.1 Å². The first-order chi connectivity index (χ1) is 10.1. The molecule has 2 nitrogen and oxygen atoms in total. The fourth-order valence-corrected chi connectivity index (χ4v) is 4.02. The highest BCUT2D eigenvalue weighted by Gasteiger charge is 2.31. The summed E-state index contributed by atoms with van der Waals surface area (Å²) in [7, 11) is 0. The van der Waals surface area contributed by atoms with E-state index in [4.69, 9.17) is 11.6 Å². The van der Waals surface area contributed by atoms with Crippen LogP contribution in [-0.4, -0.2) is 25.2 Å². The molecule has 1 aliphatic carbocycles. The van der Waals surface area contributed by atoms with Gasteiger partial charge in [-0.05, 0) is 43.9 Å². The average Bonchev–Trinajstić information content (AvgIpc) is 2.47. The van der Waals surface area contributed by atoms with E-state index < -0.39 is 0 Å². The third-order valence-corrected chi connectivity index (χ3v) is 5.22.